The van der Waals surface area contributed by atoms with E-state index in [0.717, 1.165) is 65.9 Å². The van der Waals surface area contributed by atoms with Gasteiger partial charge >= 0.3 is 11.9 Å². The summed E-state index contributed by atoms with van der Waals surface area (Å²) in [7, 11) is 4.45. The zero-order valence-corrected chi connectivity index (χ0v) is 23.7. The van der Waals surface area contributed by atoms with Gasteiger partial charge < -0.3 is 18.9 Å². The standard InChI is InChI=1S/C33H39NO6/c1-37-29-18-14-25(15-19-29)8-6-4-5-7-23-40-31-21-17-28(34-30(31)20-22-32(35)38-2)16-13-26-9-11-27(12-10-26)24-33(36)39-3/h6,8-12,14-15,17-19,21H,4-5,7,13,16,20,22-24H2,1-3H3. The SMILES string of the molecule is COC(=O)CCc1nc(CCc2ccc(CC(=O)OC)cc2)ccc1OCCCCC=Cc1ccc(OC)cc1. The van der Waals surface area contributed by atoms with Crippen LogP contribution in [0.4, 0.5) is 0 Å². The Balaban J connectivity index is 1.50. The van der Waals surface area contributed by atoms with Gasteiger partial charge in [0.05, 0.1) is 46.5 Å². The quantitative estimate of drug-likeness (QED) is 0.162. The van der Waals surface area contributed by atoms with Crippen molar-refractivity contribution < 1.29 is 28.5 Å². The number of esters is 2. The van der Waals surface area contributed by atoms with Crippen molar-refractivity contribution in [3.63, 3.8) is 0 Å². The average Bonchev–Trinajstić information content (AvgIpc) is 2.99. The lowest BCUT2D eigenvalue weighted by Gasteiger charge is -2.12. The highest BCUT2D eigenvalue weighted by Gasteiger charge is 2.11. The molecule has 3 aromatic rings. The third kappa shape index (κ3) is 10.6. The molecule has 0 bridgehead atoms. The van der Waals surface area contributed by atoms with Gasteiger partial charge in [0.15, 0.2) is 0 Å². The molecule has 0 aliphatic heterocycles. The van der Waals surface area contributed by atoms with E-state index in [9.17, 15) is 9.59 Å². The Kier molecular flexibility index (Phi) is 12.7. The first-order valence-corrected chi connectivity index (χ1v) is 13.6. The molecule has 0 atom stereocenters. The minimum absolute atomic E-state index is 0.250. The molecule has 0 saturated carbocycles. The maximum absolute atomic E-state index is 11.8. The molecular formula is C33H39NO6. The highest BCUT2D eigenvalue weighted by Crippen LogP contribution is 2.21. The number of aromatic nitrogens is 1. The van der Waals surface area contributed by atoms with E-state index < -0.39 is 0 Å². The van der Waals surface area contributed by atoms with Crippen molar-refractivity contribution in [1.29, 1.82) is 0 Å². The minimum Gasteiger partial charge on any atom is -0.497 e. The van der Waals surface area contributed by atoms with Crippen molar-refractivity contribution in [2.24, 2.45) is 0 Å². The monoisotopic (exact) mass is 545 g/mol. The molecule has 1 aromatic heterocycles. The van der Waals surface area contributed by atoms with Crippen LogP contribution in [0.1, 0.15) is 53.8 Å². The highest BCUT2D eigenvalue weighted by molar-refractivity contribution is 5.72. The molecule has 3 rings (SSSR count). The van der Waals surface area contributed by atoms with Crippen molar-refractivity contribution in [1.82, 2.24) is 4.98 Å². The molecule has 7 nitrogen and oxygen atoms in total. The van der Waals surface area contributed by atoms with Gasteiger partial charge in [-0.1, -0.05) is 48.6 Å². The van der Waals surface area contributed by atoms with Crippen LogP contribution in [0, 0.1) is 0 Å². The van der Waals surface area contributed by atoms with Crippen LogP contribution in [-0.2, 0) is 44.7 Å². The summed E-state index contributed by atoms with van der Waals surface area (Å²) in [5, 5.41) is 0. The Morgan fingerprint density at radius 1 is 0.775 bits per heavy atom. The molecule has 0 aliphatic carbocycles. The number of nitrogens with zero attached hydrogens (tertiary/aromatic N) is 1. The molecule has 0 saturated heterocycles. The van der Waals surface area contributed by atoms with E-state index >= 15 is 0 Å². The summed E-state index contributed by atoms with van der Waals surface area (Å²) in [5.74, 6) is 1.05. The van der Waals surface area contributed by atoms with E-state index in [1.54, 1.807) is 7.11 Å². The maximum atomic E-state index is 11.8. The van der Waals surface area contributed by atoms with Crippen LogP contribution in [0.5, 0.6) is 11.5 Å². The van der Waals surface area contributed by atoms with Gasteiger partial charge in [0.1, 0.15) is 11.5 Å². The Labute approximate surface area is 237 Å². The number of hydrogen-bond donors (Lipinski definition) is 0. The Morgan fingerprint density at radius 3 is 2.20 bits per heavy atom. The van der Waals surface area contributed by atoms with Crippen molar-refractivity contribution in [3.8, 4) is 11.5 Å². The van der Waals surface area contributed by atoms with Crippen molar-refractivity contribution in [2.75, 3.05) is 27.9 Å². The summed E-state index contributed by atoms with van der Waals surface area (Å²) >= 11 is 0. The van der Waals surface area contributed by atoms with Crippen LogP contribution in [-0.4, -0.2) is 44.9 Å². The first kappa shape index (κ1) is 30.4. The van der Waals surface area contributed by atoms with Gasteiger partial charge in [-0.25, -0.2) is 0 Å². The second kappa shape index (κ2) is 16.7. The van der Waals surface area contributed by atoms with Crippen molar-refractivity contribution in [2.45, 2.75) is 51.4 Å². The van der Waals surface area contributed by atoms with Crippen LogP contribution >= 0.6 is 0 Å². The molecule has 2 aromatic carbocycles. The molecule has 0 unspecified atom stereocenters. The number of benzene rings is 2. The summed E-state index contributed by atoms with van der Waals surface area (Å²) in [6.07, 6.45) is 9.72. The van der Waals surface area contributed by atoms with Crippen LogP contribution in [0.2, 0.25) is 0 Å². The summed E-state index contributed by atoms with van der Waals surface area (Å²) in [4.78, 5) is 28.1. The molecule has 0 spiro atoms. The average molecular weight is 546 g/mol. The van der Waals surface area contributed by atoms with Crippen LogP contribution in [0.25, 0.3) is 6.08 Å². The molecule has 0 N–H and O–H groups in total. The zero-order chi connectivity index (χ0) is 28.6. The van der Waals surface area contributed by atoms with Crippen molar-refractivity contribution in [3.05, 3.63) is 94.8 Å². The molecule has 40 heavy (non-hydrogen) atoms. The lowest BCUT2D eigenvalue weighted by Crippen LogP contribution is -2.08. The van der Waals surface area contributed by atoms with Crippen LogP contribution in [0.3, 0.4) is 0 Å². The topological polar surface area (TPSA) is 84.0 Å². The van der Waals surface area contributed by atoms with Gasteiger partial charge in [0.2, 0.25) is 0 Å². The molecule has 1 heterocycles. The molecule has 7 heteroatoms. The number of ether oxygens (including phenoxy) is 4. The first-order chi connectivity index (χ1) is 19.5. The number of aryl methyl sites for hydroxylation is 3. The van der Waals surface area contributed by atoms with Gasteiger partial charge in [-0.05, 0) is 73.1 Å². The summed E-state index contributed by atoms with van der Waals surface area (Å²) in [6.45, 7) is 0.584. The zero-order valence-electron chi connectivity index (χ0n) is 23.7. The second-order valence-corrected chi connectivity index (χ2v) is 9.41. The molecule has 0 fully saturated rings. The van der Waals surface area contributed by atoms with E-state index in [2.05, 4.69) is 12.2 Å². The lowest BCUT2D eigenvalue weighted by atomic mass is 10.0. The summed E-state index contributed by atoms with van der Waals surface area (Å²) in [5.41, 5.74) is 4.95. The van der Waals surface area contributed by atoms with E-state index in [1.165, 1.54) is 14.2 Å². The number of rotatable bonds is 16. The number of carbonyl (C=O) groups is 2. The molecular weight excluding hydrogens is 506 g/mol. The number of pyridine rings is 1. The lowest BCUT2D eigenvalue weighted by molar-refractivity contribution is -0.141. The number of allylic oxidation sites excluding steroid dienone is 1. The molecule has 212 valence electrons. The fraction of sp³-hybridized carbons (Fsp3) is 0.364. The minimum atomic E-state index is -0.270. The summed E-state index contributed by atoms with van der Waals surface area (Å²) in [6, 6.07) is 19.9. The van der Waals surface area contributed by atoms with Crippen molar-refractivity contribution >= 4 is 18.0 Å². The smallest absolute Gasteiger partial charge is 0.309 e. The number of unbranched alkanes of at least 4 members (excludes halogenated alkanes) is 2. The van der Waals surface area contributed by atoms with E-state index in [1.807, 2.05) is 60.7 Å². The number of hydrogen-bond acceptors (Lipinski definition) is 7. The van der Waals surface area contributed by atoms with Gasteiger partial charge in [-0.3, -0.25) is 14.6 Å². The fourth-order valence-electron chi connectivity index (χ4n) is 4.12. The van der Waals surface area contributed by atoms with E-state index in [-0.39, 0.29) is 24.8 Å². The normalized spacial score (nSPS) is 10.9. The Hall–Kier alpha value is -4.13. The Morgan fingerprint density at radius 2 is 1.50 bits per heavy atom. The van der Waals surface area contributed by atoms with Gasteiger partial charge in [-0.15, -0.1) is 0 Å². The van der Waals surface area contributed by atoms with E-state index in [4.69, 9.17) is 23.9 Å². The third-order valence-corrected chi connectivity index (χ3v) is 6.50. The van der Waals surface area contributed by atoms with Gasteiger partial charge in [-0.2, -0.15) is 0 Å². The van der Waals surface area contributed by atoms with Crippen LogP contribution in [0.15, 0.2) is 66.7 Å². The van der Waals surface area contributed by atoms with Gasteiger partial charge in [0.25, 0.3) is 0 Å². The molecule has 0 amide bonds. The Bertz CT molecular complexity index is 1230. The van der Waals surface area contributed by atoms with E-state index in [0.29, 0.717) is 18.8 Å². The molecule has 0 radical (unpaired) electrons. The largest absolute Gasteiger partial charge is 0.497 e. The highest BCUT2D eigenvalue weighted by atomic mass is 16.5. The number of methoxy groups -OCH3 is 3. The first-order valence-electron chi connectivity index (χ1n) is 13.6. The van der Waals surface area contributed by atoms with Crippen LogP contribution < -0.4 is 9.47 Å². The predicted octanol–water partition coefficient (Wildman–Crippen LogP) is 5.96. The summed E-state index contributed by atoms with van der Waals surface area (Å²) < 4.78 is 20.8. The van der Waals surface area contributed by atoms with Gasteiger partial charge in [0, 0.05) is 12.1 Å². The fourth-order valence-corrected chi connectivity index (χ4v) is 4.12. The second-order valence-electron chi connectivity index (χ2n) is 9.41. The predicted molar refractivity (Wildman–Crippen MR) is 156 cm³/mol. The number of carbonyl (C=O) groups excluding carboxylic acids is 2. The maximum Gasteiger partial charge on any atom is 0.309 e. The molecule has 0 aliphatic rings. The third-order valence-electron chi connectivity index (χ3n) is 6.50.